The minimum Gasteiger partial charge on any atom is -0.408 e. The molecule has 1 unspecified atom stereocenters. The molecule has 1 N–H and O–H groups in total. The van der Waals surface area contributed by atoms with Gasteiger partial charge in [-0.05, 0) is 30.2 Å². The lowest BCUT2D eigenvalue weighted by molar-refractivity contribution is 0.220. The molecule has 0 radical (unpaired) electrons. The van der Waals surface area contributed by atoms with Gasteiger partial charge in [0.25, 0.3) is 0 Å². The van der Waals surface area contributed by atoms with E-state index in [4.69, 9.17) is 4.42 Å². The number of aromatic nitrogens is 1. The Morgan fingerprint density at radius 3 is 2.60 bits per heavy atom. The van der Waals surface area contributed by atoms with Gasteiger partial charge in [-0.15, -0.1) is 0 Å². The summed E-state index contributed by atoms with van der Waals surface area (Å²) in [7, 11) is 0. The van der Waals surface area contributed by atoms with Gasteiger partial charge in [-0.2, -0.15) is 0 Å². The highest BCUT2D eigenvalue weighted by molar-refractivity contribution is 5.74. The Labute approximate surface area is 115 Å². The predicted octanol–water partition coefficient (Wildman–Crippen LogP) is 2.70. The van der Waals surface area contributed by atoms with Gasteiger partial charge in [0.2, 0.25) is 0 Å². The second kappa shape index (κ2) is 4.98. The van der Waals surface area contributed by atoms with Crippen molar-refractivity contribution < 1.29 is 9.52 Å². The zero-order valence-electron chi connectivity index (χ0n) is 11.1. The predicted molar refractivity (Wildman–Crippen MR) is 76.7 cm³/mol. The molecule has 1 atom stereocenters. The largest absolute Gasteiger partial charge is 0.419 e. The van der Waals surface area contributed by atoms with Gasteiger partial charge >= 0.3 is 5.76 Å². The zero-order valence-corrected chi connectivity index (χ0v) is 11.1. The van der Waals surface area contributed by atoms with Crippen LogP contribution in [0, 0.1) is 0 Å². The van der Waals surface area contributed by atoms with Crippen molar-refractivity contribution in [3.8, 4) is 0 Å². The van der Waals surface area contributed by atoms with Crippen LogP contribution in [-0.2, 0) is 6.54 Å². The molecule has 1 aromatic heterocycles. The summed E-state index contributed by atoms with van der Waals surface area (Å²) < 4.78 is 6.78. The van der Waals surface area contributed by atoms with E-state index in [9.17, 15) is 9.90 Å². The highest BCUT2D eigenvalue weighted by Gasteiger charge is 2.13. The number of nitrogens with zero attached hydrogens (tertiary/aromatic N) is 1. The average Bonchev–Trinajstić information content (AvgIpc) is 2.81. The first-order valence-corrected chi connectivity index (χ1v) is 6.57. The molecule has 3 aromatic rings. The van der Waals surface area contributed by atoms with Crippen molar-refractivity contribution in [1.29, 1.82) is 0 Å². The second-order valence-electron chi connectivity index (χ2n) is 4.65. The molecule has 0 bridgehead atoms. The zero-order chi connectivity index (χ0) is 14.1. The maximum Gasteiger partial charge on any atom is 0.419 e. The van der Waals surface area contributed by atoms with Crippen LogP contribution in [0.15, 0.2) is 57.7 Å². The minimum absolute atomic E-state index is 0.367. The monoisotopic (exact) mass is 269 g/mol. The molecule has 0 aliphatic rings. The summed E-state index contributed by atoms with van der Waals surface area (Å²) in [5.74, 6) is -0.367. The van der Waals surface area contributed by atoms with E-state index in [1.807, 2.05) is 49.4 Å². The van der Waals surface area contributed by atoms with E-state index in [1.165, 1.54) is 0 Å². The Hall–Kier alpha value is -2.33. The minimum atomic E-state index is -0.726. The molecule has 0 saturated heterocycles. The Morgan fingerprint density at radius 2 is 1.90 bits per heavy atom. The van der Waals surface area contributed by atoms with Crippen molar-refractivity contribution >= 4 is 11.1 Å². The van der Waals surface area contributed by atoms with Crippen molar-refractivity contribution in [3.63, 3.8) is 0 Å². The maximum absolute atomic E-state index is 11.7. The van der Waals surface area contributed by atoms with Gasteiger partial charge in [0, 0.05) is 6.54 Å². The van der Waals surface area contributed by atoms with Crippen LogP contribution in [0.2, 0.25) is 0 Å². The molecule has 102 valence electrons. The molecular formula is C16H15NO3. The summed E-state index contributed by atoms with van der Waals surface area (Å²) in [6, 6.07) is 14.7. The fourth-order valence-corrected chi connectivity index (χ4v) is 2.38. The first-order chi connectivity index (χ1) is 9.70. The van der Waals surface area contributed by atoms with Crippen LogP contribution in [0.5, 0.6) is 0 Å². The summed E-state index contributed by atoms with van der Waals surface area (Å²) in [5.41, 5.74) is 2.77. The molecular weight excluding hydrogens is 254 g/mol. The molecule has 2 aromatic carbocycles. The van der Waals surface area contributed by atoms with Gasteiger partial charge in [-0.3, -0.25) is 4.57 Å². The van der Waals surface area contributed by atoms with E-state index in [1.54, 1.807) is 10.6 Å². The topological polar surface area (TPSA) is 55.4 Å². The average molecular weight is 269 g/mol. The third kappa shape index (κ3) is 2.04. The molecule has 0 amide bonds. The number of fused-ring (bicyclic) bond motifs is 1. The van der Waals surface area contributed by atoms with E-state index >= 15 is 0 Å². The van der Waals surface area contributed by atoms with E-state index < -0.39 is 6.10 Å². The van der Waals surface area contributed by atoms with Gasteiger partial charge < -0.3 is 9.52 Å². The number of aryl methyl sites for hydroxylation is 1. The highest BCUT2D eigenvalue weighted by atomic mass is 16.4. The van der Waals surface area contributed by atoms with Gasteiger partial charge in [0.05, 0.1) is 5.52 Å². The molecule has 4 heteroatoms. The quantitative estimate of drug-likeness (QED) is 0.795. The van der Waals surface area contributed by atoms with Gasteiger partial charge in [0.15, 0.2) is 5.58 Å². The van der Waals surface area contributed by atoms with Crippen LogP contribution in [0.3, 0.4) is 0 Å². The molecule has 3 rings (SSSR count). The third-order valence-electron chi connectivity index (χ3n) is 3.44. The van der Waals surface area contributed by atoms with Crippen molar-refractivity contribution in [3.05, 3.63) is 70.2 Å². The fraction of sp³-hybridized carbons (Fsp3) is 0.188. The fourth-order valence-electron chi connectivity index (χ4n) is 2.38. The van der Waals surface area contributed by atoms with E-state index in [-0.39, 0.29) is 5.76 Å². The lowest BCUT2D eigenvalue weighted by Crippen LogP contribution is -2.11. The van der Waals surface area contributed by atoms with Crippen LogP contribution in [0.1, 0.15) is 24.2 Å². The smallest absolute Gasteiger partial charge is 0.408 e. The molecule has 1 heterocycles. The SMILES string of the molecule is CCn1c(=O)oc2cc(C(O)c3ccccc3)ccc21. The summed E-state index contributed by atoms with van der Waals surface area (Å²) in [6.45, 7) is 2.45. The third-order valence-corrected chi connectivity index (χ3v) is 3.44. The van der Waals surface area contributed by atoms with E-state index in [0.29, 0.717) is 17.7 Å². The summed E-state index contributed by atoms with van der Waals surface area (Å²) in [6.07, 6.45) is -0.726. The van der Waals surface area contributed by atoms with Crippen molar-refractivity contribution in [2.45, 2.75) is 19.6 Å². The van der Waals surface area contributed by atoms with Crippen molar-refractivity contribution in [2.75, 3.05) is 0 Å². The second-order valence-corrected chi connectivity index (χ2v) is 4.65. The lowest BCUT2D eigenvalue weighted by atomic mass is 10.0. The molecule has 0 aliphatic carbocycles. The molecule has 20 heavy (non-hydrogen) atoms. The lowest BCUT2D eigenvalue weighted by Gasteiger charge is -2.11. The van der Waals surface area contributed by atoms with E-state index in [0.717, 1.165) is 11.1 Å². The number of hydrogen-bond donors (Lipinski definition) is 1. The number of oxazole rings is 1. The normalized spacial score (nSPS) is 12.7. The number of rotatable bonds is 3. The van der Waals surface area contributed by atoms with E-state index in [2.05, 4.69) is 0 Å². The molecule has 0 spiro atoms. The first kappa shape index (κ1) is 12.7. The number of aliphatic hydroxyl groups is 1. The Morgan fingerprint density at radius 1 is 1.15 bits per heavy atom. The molecule has 0 fully saturated rings. The molecule has 0 aliphatic heterocycles. The van der Waals surface area contributed by atoms with Gasteiger partial charge in [-0.1, -0.05) is 36.4 Å². The number of hydrogen-bond acceptors (Lipinski definition) is 3. The summed E-state index contributed by atoms with van der Waals surface area (Å²) in [4.78, 5) is 11.7. The number of aliphatic hydroxyl groups excluding tert-OH is 1. The standard InChI is InChI=1S/C16H15NO3/c1-2-17-13-9-8-12(10-14(13)20-16(17)19)15(18)11-6-4-3-5-7-11/h3-10,15,18H,2H2,1H3. The Kier molecular flexibility index (Phi) is 3.16. The molecule has 0 saturated carbocycles. The maximum atomic E-state index is 11.7. The first-order valence-electron chi connectivity index (χ1n) is 6.57. The van der Waals surface area contributed by atoms with Crippen molar-refractivity contribution in [2.24, 2.45) is 0 Å². The van der Waals surface area contributed by atoms with Gasteiger partial charge in [-0.25, -0.2) is 4.79 Å². The summed E-state index contributed by atoms with van der Waals surface area (Å²) >= 11 is 0. The van der Waals surface area contributed by atoms with Crippen LogP contribution in [-0.4, -0.2) is 9.67 Å². The van der Waals surface area contributed by atoms with Crippen LogP contribution in [0.25, 0.3) is 11.1 Å². The Bertz CT molecular complexity index is 786. The number of benzene rings is 2. The highest BCUT2D eigenvalue weighted by Crippen LogP contribution is 2.25. The summed E-state index contributed by atoms with van der Waals surface area (Å²) in [5, 5.41) is 10.4. The molecule has 4 nitrogen and oxygen atoms in total. The van der Waals surface area contributed by atoms with Crippen LogP contribution in [0.4, 0.5) is 0 Å². The van der Waals surface area contributed by atoms with Crippen molar-refractivity contribution in [1.82, 2.24) is 4.57 Å². The Balaban J connectivity index is 2.08. The van der Waals surface area contributed by atoms with Gasteiger partial charge in [0.1, 0.15) is 6.10 Å². The van der Waals surface area contributed by atoms with Crippen LogP contribution >= 0.6 is 0 Å². The van der Waals surface area contributed by atoms with Crippen LogP contribution < -0.4 is 5.76 Å².